The molecule has 0 aromatic heterocycles. The van der Waals surface area contributed by atoms with E-state index in [9.17, 15) is 28.0 Å². The van der Waals surface area contributed by atoms with Crippen LogP contribution in [0.4, 0.5) is 14.5 Å². The Balaban J connectivity index is 1.68. The lowest BCUT2D eigenvalue weighted by Crippen LogP contribution is -2.30. The molecule has 1 aliphatic rings. The van der Waals surface area contributed by atoms with Crippen LogP contribution in [0.1, 0.15) is 57.8 Å². The molecule has 1 unspecified atom stereocenters. The van der Waals surface area contributed by atoms with Crippen LogP contribution in [-0.2, 0) is 9.53 Å². The maximum absolute atomic E-state index is 12.6. The Labute approximate surface area is 188 Å². The van der Waals surface area contributed by atoms with Gasteiger partial charge in [-0.3, -0.25) is 19.3 Å². The van der Waals surface area contributed by atoms with Crippen molar-refractivity contribution in [2.24, 2.45) is 0 Å². The van der Waals surface area contributed by atoms with Crippen LogP contribution in [0.5, 0.6) is 5.75 Å². The predicted molar refractivity (Wildman–Crippen MR) is 113 cm³/mol. The van der Waals surface area contributed by atoms with Gasteiger partial charge in [0.05, 0.1) is 22.4 Å². The van der Waals surface area contributed by atoms with Crippen LogP contribution < -0.4 is 10.1 Å². The number of amides is 3. The Morgan fingerprint density at radius 1 is 1.06 bits per heavy atom. The number of fused-ring (bicyclic) bond motifs is 1. The highest BCUT2D eigenvalue weighted by molar-refractivity contribution is 6.22. The second-order valence-corrected chi connectivity index (χ2v) is 7.29. The van der Waals surface area contributed by atoms with E-state index in [4.69, 9.17) is 4.74 Å². The van der Waals surface area contributed by atoms with E-state index in [-0.39, 0.29) is 34.7 Å². The average molecular weight is 460 g/mol. The fourth-order valence-corrected chi connectivity index (χ4v) is 3.22. The number of halogens is 2. The maximum atomic E-state index is 12.6. The molecule has 33 heavy (non-hydrogen) atoms. The molecule has 3 rings (SSSR count). The number of hydrogen-bond acceptors (Lipinski definition) is 6. The minimum absolute atomic E-state index is 0.00618. The van der Waals surface area contributed by atoms with Crippen LogP contribution in [0, 0.1) is 0 Å². The normalized spacial score (nSPS) is 13.7. The van der Waals surface area contributed by atoms with Gasteiger partial charge in [-0.25, -0.2) is 4.79 Å². The van der Waals surface area contributed by atoms with E-state index < -0.39 is 36.4 Å². The third kappa shape index (κ3) is 5.33. The summed E-state index contributed by atoms with van der Waals surface area (Å²) >= 11 is 0. The van der Waals surface area contributed by atoms with Gasteiger partial charge in [0.2, 0.25) is 0 Å². The maximum Gasteiger partial charge on any atom is 0.387 e. The van der Waals surface area contributed by atoms with E-state index >= 15 is 0 Å². The number of hydrogen-bond donors (Lipinski definition) is 1. The zero-order chi connectivity index (χ0) is 24.1. The summed E-state index contributed by atoms with van der Waals surface area (Å²) in [5, 5.41) is 2.37. The second-order valence-electron chi connectivity index (χ2n) is 7.29. The van der Waals surface area contributed by atoms with Gasteiger partial charge in [-0.2, -0.15) is 8.78 Å². The van der Waals surface area contributed by atoms with Gasteiger partial charge in [0.25, 0.3) is 17.7 Å². The Hall–Kier alpha value is -3.82. The minimum Gasteiger partial charge on any atom is -0.449 e. The molecule has 1 aliphatic heterocycles. The van der Waals surface area contributed by atoms with Gasteiger partial charge in [-0.15, -0.1) is 0 Å². The van der Waals surface area contributed by atoms with Gasteiger partial charge in [0.1, 0.15) is 5.75 Å². The number of alkyl halides is 2. The van der Waals surface area contributed by atoms with Gasteiger partial charge in [-0.1, -0.05) is 25.5 Å². The third-order valence-electron chi connectivity index (χ3n) is 4.96. The van der Waals surface area contributed by atoms with Crippen molar-refractivity contribution in [1.29, 1.82) is 0 Å². The number of rotatable bonds is 9. The summed E-state index contributed by atoms with van der Waals surface area (Å²) in [6.45, 7) is 0.453. The lowest BCUT2D eigenvalue weighted by Gasteiger charge is -2.16. The molecule has 2 aromatic rings. The Morgan fingerprint density at radius 2 is 1.76 bits per heavy atom. The topological polar surface area (TPSA) is 102 Å². The quantitative estimate of drug-likeness (QED) is 0.450. The van der Waals surface area contributed by atoms with E-state index in [2.05, 4.69) is 10.1 Å². The van der Waals surface area contributed by atoms with Gasteiger partial charge in [-0.05, 0) is 43.7 Å². The number of ether oxygens (including phenoxy) is 2. The number of carbonyl (C=O) groups is 4. The molecule has 0 fully saturated rings. The highest BCUT2D eigenvalue weighted by Crippen LogP contribution is 2.27. The van der Waals surface area contributed by atoms with Crippen LogP contribution in [0.3, 0.4) is 0 Å². The standard InChI is InChI=1S/C23H22F2N2O6/c1-3-4-11-27-20(29)15-10-9-14(12-16(15)21(27)30)22(31)32-13(2)19(28)26-17-7-5-6-8-18(17)33-23(24)25/h5-10,12-13,23H,3-4,11H2,1-2H3,(H,26,28). The Morgan fingerprint density at radius 3 is 2.45 bits per heavy atom. The second kappa shape index (κ2) is 10.2. The monoisotopic (exact) mass is 460 g/mol. The summed E-state index contributed by atoms with van der Waals surface area (Å²) in [4.78, 5) is 51.0. The van der Waals surface area contributed by atoms with Gasteiger partial charge in [0.15, 0.2) is 6.10 Å². The van der Waals surface area contributed by atoms with Crippen molar-refractivity contribution in [3.8, 4) is 5.75 Å². The number of benzene rings is 2. The Bertz CT molecular complexity index is 1090. The first-order valence-electron chi connectivity index (χ1n) is 10.3. The van der Waals surface area contributed by atoms with Crippen LogP contribution >= 0.6 is 0 Å². The fraction of sp³-hybridized carbons (Fsp3) is 0.304. The van der Waals surface area contributed by atoms with E-state index in [1.807, 2.05) is 6.92 Å². The Kier molecular flexibility index (Phi) is 7.37. The highest BCUT2D eigenvalue weighted by atomic mass is 19.3. The number of nitrogens with zero attached hydrogens (tertiary/aromatic N) is 1. The largest absolute Gasteiger partial charge is 0.449 e. The fourth-order valence-electron chi connectivity index (χ4n) is 3.22. The summed E-state index contributed by atoms with van der Waals surface area (Å²) in [5.41, 5.74) is 0.280. The van der Waals surface area contributed by atoms with Crippen LogP contribution in [0.2, 0.25) is 0 Å². The van der Waals surface area contributed by atoms with Crippen molar-refractivity contribution in [2.75, 3.05) is 11.9 Å². The van der Waals surface area contributed by atoms with E-state index in [1.54, 1.807) is 0 Å². The molecule has 1 atom stereocenters. The van der Waals surface area contributed by atoms with Crippen LogP contribution in [0.15, 0.2) is 42.5 Å². The molecule has 0 spiro atoms. The van der Waals surface area contributed by atoms with Gasteiger partial charge in [0, 0.05) is 6.54 Å². The van der Waals surface area contributed by atoms with E-state index in [0.717, 1.165) is 11.3 Å². The number of imide groups is 1. The third-order valence-corrected chi connectivity index (χ3v) is 4.96. The minimum atomic E-state index is -3.08. The van der Waals surface area contributed by atoms with E-state index in [0.29, 0.717) is 6.42 Å². The summed E-state index contributed by atoms with van der Waals surface area (Å²) < 4.78 is 34.6. The molecule has 8 nitrogen and oxygen atoms in total. The highest BCUT2D eigenvalue weighted by Gasteiger charge is 2.35. The molecule has 0 radical (unpaired) electrons. The number of anilines is 1. The SMILES string of the molecule is CCCCN1C(=O)c2ccc(C(=O)OC(C)C(=O)Nc3ccccc3OC(F)F)cc2C1=O. The van der Waals surface area contributed by atoms with Crippen LogP contribution in [0.25, 0.3) is 0 Å². The lowest BCUT2D eigenvalue weighted by molar-refractivity contribution is -0.123. The van der Waals surface area contributed by atoms with Crippen LogP contribution in [-0.4, -0.2) is 47.9 Å². The molecule has 1 N–H and O–H groups in total. The molecule has 0 bridgehead atoms. The number of esters is 1. The molecule has 174 valence electrons. The lowest BCUT2D eigenvalue weighted by atomic mass is 10.1. The molecule has 1 heterocycles. The molecule has 10 heteroatoms. The number of carbonyl (C=O) groups excluding carboxylic acids is 4. The van der Waals surface area contributed by atoms with Gasteiger partial charge < -0.3 is 14.8 Å². The summed E-state index contributed by atoms with van der Waals surface area (Å²) in [5.74, 6) is -2.80. The molecule has 2 aromatic carbocycles. The van der Waals surface area contributed by atoms with Crippen molar-refractivity contribution in [3.63, 3.8) is 0 Å². The van der Waals surface area contributed by atoms with Gasteiger partial charge >= 0.3 is 12.6 Å². The first kappa shape index (κ1) is 23.8. The van der Waals surface area contributed by atoms with Crippen molar-refractivity contribution in [1.82, 2.24) is 4.90 Å². The van der Waals surface area contributed by atoms with E-state index in [1.165, 1.54) is 49.4 Å². The summed E-state index contributed by atoms with van der Waals surface area (Å²) in [6.07, 6.45) is 0.186. The smallest absolute Gasteiger partial charge is 0.387 e. The molecule has 0 aliphatic carbocycles. The average Bonchev–Trinajstić information content (AvgIpc) is 3.02. The molecule has 3 amide bonds. The first-order valence-corrected chi connectivity index (χ1v) is 10.3. The molecular formula is C23H22F2N2O6. The van der Waals surface area contributed by atoms with Crippen molar-refractivity contribution >= 4 is 29.4 Å². The molecule has 0 saturated carbocycles. The number of para-hydroxylation sites is 2. The van der Waals surface area contributed by atoms with Crippen molar-refractivity contribution in [2.45, 2.75) is 39.4 Å². The predicted octanol–water partition coefficient (Wildman–Crippen LogP) is 3.87. The zero-order valence-corrected chi connectivity index (χ0v) is 18.0. The molecular weight excluding hydrogens is 438 g/mol. The number of unbranched alkanes of at least 4 members (excludes halogenated alkanes) is 1. The van der Waals surface area contributed by atoms with Crippen molar-refractivity contribution < 1.29 is 37.4 Å². The molecule has 0 saturated heterocycles. The zero-order valence-electron chi connectivity index (χ0n) is 18.0. The summed E-state index contributed by atoms with van der Waals surface area (Å²) in [6, 6.07) is 9.56. The summed E-state index contributed by atoms with van der Waals surface area (Å²) in [7, 11) is 0. The first-order chi connectivity index (χ1) is 15.7. The van der Waals surface area contributed by atoms with Crippen molar-refractivity contribution in [3.05, 3.63) is 59.2 Å². The number of nitrogens with one attached hydrogen (secondary N) is 1.